The lowest BCUT2D eigenvalue weighted by atomic mass is 10.0. The highest BCUT2D eigenvalue weighted by Gasteiger charge is 2.17. The molecule has 2 heteroatoms. The fraction of sp³-hybridized carbons (Fsp3) is 1.00. The van der Waals surface area contributed by atoms with Gasteiger partial charge in [0.2, 0.25) is 0 Å². The summed E-state index contributed by atoms with van der Waals surface area (Å²) in [6.07, 6.45) is 4.51. The van der Waals surface area contributed by atoms with Gasteiger partial charge in [0.15, 0.2) is 0 Å². The highest BCUT2D eigenvalue weighted by atomic mass is 16.5. The second-order valence-electron chi connectivity index (χ2n) is 4.30. The number of hydrogen-bond donors (Lipinski definition) is 0. The van der Waals surface area contributed by atoms with E-state index in [1.54, 1.807) is 0 Å². The van der Waals surface area contributed by atoms with E-state index in [9.17, 15) is 0 Å². The average molecular weight is 185 g/mol. The molecule has 1 fully saturated rings. The van der Waals surface area contributed by atoms with Crippen molar-refractivity contribution in [2.75, 3.05) is 19.7 Å². The van der Waals surface area contributed by atoms with Crippen LogP contribution < -0.4 is 0 Å². The smallest absolute Gasteiger partial charge is 0.0597 e. The summed E-state index contributed by atoms with van der Waals surface area (Å²) in [6, 6.07) is 0.768. The van der Waals surface area contributed by atoms with Gasteiger partial charge in [0.25, 0.3) is 0 Å². The van der Waals surface area contributed by atoms with Crippen molar-refractivity contribution in [3.8, 4) is 0 Å². The first-order valence-electron chi connectivity index (χ1n) is 5.56. The lowest BCUT2D eigenvalue weighted by molar-refractivity contribution is 0.0431. The zero-order chi connectivity index (χ0) is 9.68. The summed E-state index contributed by atoms with van der Waals surface area (Å²) in [5.41, 5.74) is 0. The summed E-state index contributed by atoms with van der Waals surface area (Å²) in [5, 5.41) is 0. The molecule has 0 bridgehead atoms. The van der Waals surface area contributed by atoms with E-state index in [0.29, 0.717) is 6.10 Å². The van der Waals surface area contributed by atoms with Gasteiger partial charge in [-0.3, -0.25) is 4.90 Å². The van der Waals surface area contributed by atoms with E-state index in [-0.39, 0.29) is 0 Å². The molecule has 0 saturated carbocycles. The van der Waals surface area contributed by atoms with Crippen LogP contribution in [0.2, 0.25) is 0 Å². The zero-order valence-electron chi connectivity index (χ0n) is 9.25. The minimum Gasteiger partial charge on any atom is -0.377 e. The first kappa shape index (κ1) is 11.0. The van der Waals surface area contributed by atoms with Gasteiger partial charge in [-0.1, -0.05) is 6.42 Å². The lowest BCUT2D eigenvalue weighted by Crippen LogP contribution is -2.39. The van der Waals surface area contributed by atoms with Crippen LogP contribution in [0.3, 0.4) is 0 Å². The van der Waals surface area contributed by atoms with Crippen molar-refractivity contribution in [2.45, 2.75) is 52.2 Å². The van der Waals surface area contributed by atoms with Gasteiger partial charge >= 0.3 is 0 Å². The van der Waals surface area contributed by atoms with Crippen LogP contribution in [0.25, 0.3) is 0 Å². The largest absolute Gasteiger partial charge is 0.377 e. The van der Waals surface area contributed by atoms with Crippen LogP contribution in [-0.2, 0) is 4.74 Å². The number of likely N-dealkylation sites (tertiary alicyclic amines) is 1. The monoisotopic (exact) mass is 185 g/mol. The molecule has 1 aliphatic rings. The fourth-order valence-corrected chi connectivity index (χ4v) is 1.90. The van der Waals surface area contributed by atoms with Crippen molar-refractivity contribution >= 4 is 0 Å². The van der Waals surface area contributed by atoms with Crippen molar-refractivity contribution < 1.29 is 4.74 Å². The van der Waals surface area contributed by atoms with Gasteiger partial charge in [0.1, 0.15) is 0 Å². The zero-order valence-corrected chi connectivity index (χ0v) is 9.25. The van der Waals surface area contributed by atoms with Crippen molar-refractivity contribution in [2.24, 2.45) is 0 Å². The Balaban J connectivity index is 2.11. The highest BCUT2D eigenvalue weighted by molar-refractivity contribution is 4.72. The molecule has 0 spiro atoms. The molecule has 0 aromatic heterocycles. The summed E-state index contributed by atoms with van der Waals surface area (Å²) >= 11 is 0. The number of piperidine rings is 1. The van der Waals surface area contributed by atoms with Crippen LogP contribution in [0.15, 0.2) is 0 Å². The predicted octanol–water partition coefficient (Wildman–Crippen LogP) is 2.29. The van der Waals surface area contributed by atoms with Gasteiger partial charge in [0.05, 0.1) is 12.7 Å². The van der Waals surface area contributed by atoms with Crippen molar-refractivity contribution in [1.82, 2.24) is 4.90 Å². The molecule has 0 N–H and O–H groups in total. The third kappa shape index (κ3) is 4.10. The molecule has 1 aliphatic heterocycles. The van der Waals surface area contributed by atoms with Gasteiger partial charge in [-0.15, -0.1) is 0 Å². The van der Waals surface area contributed by atoms with E-state index in [1.807, 2.05) is 0 Å². The van der Waals surface area contributed by atoms with Crippen LogP contribution in [0.5, 0.6) is 0 Å². The summed E-state index contributed by atoms with van der Waals surface area (Å²) in [5.74, 6) is 0. The lowest BCUT2D eigenvalue weighted by Gasteiger charge is -2.33. The normalized spacial score (nSPS) is 25.4. The fourth-order valence-electron chi connectivity index (χ4n) is 1.90. The molecule has 2 nitrogen and oxygen atoms in total. The Morgan fingerprint density at radius 1 is 1.38 bits per heavy atom. The highest BCUT2D eigenvalue weighted by Crippen LogP contribution is 2.15. The van der Waals surface area contributed by atoms with Crippen LogP contribution in [0.4, 0.5) is 0 Å². The van der Waals surface area contributed by atoms with Crippen molar-refractivity contribution in [1.29, 1.82) is 0 Å². The van der Waals surface area contributed by atoms with Gasteiger partial charge in [-0.2, -0.15) is 0 Å². The van der Waals surface area contributed by atoms with Gasteiger partial charge in [-0.25, -0.2) is 0 Å². The molecule has 1 heterocycles. The molecular weight excluding hydrogens is 162 g/mol. The Bertz CT molecular complexity index is 136. The standard InChI is InChI=1S/C11H23NO/c1-10(2)13-9-8-12-7-5-4-6-11(12)3/h10-11H,4-9H2,1-3H3/t11-/m1/s1. The van der Waals surface area contributed by atoms with Crippen molar-refractivity contribution in [3.05, 3.63) is 0 Å². The SMILES string of the molecule is CC(C)OCCN1CCCC[C@H]1C. The van der Waals surface area contributed by atoms with Gasteiger partial charge < -0.3 is 4.74 Å². The molecule has 0 radical (unpaired) electrons. The van der Waals surface area contributed by atoms with Crippen LogP contribution in [0.1, 0.15) is 40.0 Å². The topological polar surface area (TPSA) is 12.5 Å². The molecule has 78 valence electrons. The van der Waals surface area contributed by atoms with E-state index in [1.165, 1.54) is 25.8 Å². The molecule has 1 rings (SSSR count). The minimum atomic E-state index is 0.375. The molecule has 1 atom stereocenters. The first-order chi connectivity index (χ1) is 6.20. The molecule has 0 unspecified atom stereocenters. The Labute approximate surface area is 82.3 Å². The number of rotatable bonds is 4. The third-order valence-corrected chi connectivity index (χ3v) is 2.77. The van der Waals surface area contributed by atoms with E-state index in [4.69, 9.17) is 4.74 Å². The number of ether oxygens (including phenoxy) is 1. The van der Waals surface area contributed by atoms with Crippen LogP contribution in [-0.4, -0.2) is 36.7 Å². The molecule has 13 heavy (non-hydrogen) atoms. The summed E-state index contributed by atoms with van der Waals surface area (Å²) in [7, 11) is 0. The maximum atomic E-state index is 5.55. The third-order valence-electron chi connectivity index (χ3n) is 2.77. The van der Waals surface area contributed by atoms with E-state index in [0.717, 1.165) is 19.2 Å². The van der Waals surface area contributed by atoms with Gasteiger partial charge in [0, 0.05) is 12.6 Å². The van der Waals surface area contributed by atoms with Crippen LogP contribution >= 0.6 is 0 Å². The van der Waals surface area contributed by atoms with Crippen LogP contribution in [0, 0.1) is 0 Å². The predicted molar refractivity (Wildman–Crippen MR) is 56.0 cm³/mol. The Morgan fingerprint density at radius 2 is 2.15 bits per heavy atom. The molecule has 0 aromatic carbocycles. The summed E-state index contributed by atoms with van der Waals surface area (Å²) < 4.78 is 5.55. The quantitative estimate of drug-likeness (QED) is 0.666. The average Bonchev–Trinajstić information content (AvgIpc) is 2.08. The molecular formula is C11H23NO. The second-order valence-corrected chi connectivity index (χ2v) is 4.30. The van der Waals surface area contributed by atoms with E-state index >= 15 is 0 Å². The maximum Gasteiger partial charge on any atom is 0.0597 e. The molecule has 0 aromatic rings. The summed E-state index contributed by atoms with van der Waals surface area (Å²) in [6.45, 7) is 9.79. The first-order valence-corrected chi connectivity index (χ1v) is 5.56. The Kier molecular flexibility index (Phi) is 4.74. The summed E-state index contributed by atoms with van der Waals surface area (Å²) in [4.78, 5) is 2.55. The minimum absolute atomic E-state index is 0.375. The molecule has 1 saturated heterocycles. The Morgan fingerprint density at radius 3 is 2.77 bits per heavy atom. The second kappa shape index (κ2) is 5.61. The number of nitrogens with zero attached hydrogens (tertiary/aromatic N) is 1. The van der Waals surface area contributed by atoms with E-state index in [2.05, 4.69) is 25.7 Å². The number of hydrogen-bond acceptors (Lipinski definition) is 2. The molecule has 0 aliphatic carbocycles. The van der Waals surface area contributed by atoms with E-state index < -0.39 is 0 Å². The maximum absolute atomic E-state index is 5.55. The Hall–Kier alpha value is -0.0800. The van der Waals surface area contributed by atoms with Gasteiger partial charge in [-0.05, 0) is 40.2 Å². The van der Waals surface area contributed by atoms with Crippen molar-refractivity contribution in [3.63, 3.8) is 0 Å². The molecule has 0 amide bonds.